The Bertz CT molecular complexity index is 5100. The summed E-state index contributed by atoms with van der Waals surface area (Å²) in [5.74, 6) is 1.81. The third-order valence-corrected chi connectivity index (χ3v) is 17.2. The van der Waals surface area contributed by atoms with Gasteiger partial charge in [-0.25, -0.2) is 15.0 Å². The summed E-state index contributed by atoms with van der Waals surface area (Å²) in [4.78, 5) is 16.5. The van der Waals surface area contributed by atoms with Crippen molar-refractivity contribution >= 4 is 75.1 Å². The van der Waals surface area contributed by atoms with Crippen molar-refractivity contribution in [3.8, 4) is 90.0 Å². The molecule has 0 fully saturated rings. The van der Waals surface area contributed by atoms with Crippen LogP contribution >= 0.6 is 11.3 Å². The Morgan fingerprint density at radius 1 is 0.259 bits per heavy atom. The lowest BCUT2D eigenvalue weighted by Gasteiger charge is -2.17. The molecule has 4 aromatic heterocycles. The third kappa shape index (κ3) is 7.79. The summed E-state index contributed by atoms with van der Waals surface area (Å²) in [5, 5.41) is 7.15. The predicted octanol–water partition coefficient (Wildman–Crippen LogP) is 20.1. The van der Waals surface area contributed by atoms with Gasteiger partial charge < -0.3 is 9.13 Å². The van der Waals surface area contributed by atoms with Crippen LogP contribution < -0.4 is 0 Å². The molecule has 378 valence electrons. The van der Waals surface area contributed by atoms with Crippen LogP contribution in [0.3, 0.4) is 0 Å². The molecule has 0 saturated carbocycles. The van der Waals surface area contributed by atoms with Crippen LogP contribution in [0.1, 0.15) is 0 Å². The van der Waals surface area contributed by atoms with Gasteiger partial charge in [-0.15, -0.1) is 11.3 Å². The zero-order chi connectivity index (χ0) is 53.4. The first kappa shape index (κ1) is 46.6. The average Bonchev–Trinajstić information content (AvgIpc) is 4.20. The van der Waals surface area contributed by atoms with Gasteiger partial charge in [0, 0.05) is 64.1 Å². The van der Waals surface area contributed by atoms with Crippen LogP contribution in [0.15, 0.2) is 285 Å². The molecular formula is C75H47N5S. The lowest BCUT2D eigenvalue weighted by atomic mass is 9.95. The molecule has 0 amide bonds. The van der Waals surface area contributed by atoms with Crippen molar-refractivity contribution in [2.75, 3.05) is 0 Å². The lowest BCUT2D eigenvalue weighted by Crippen LogP contribution is -2.04. The highest BCUT2D eigenvalue weighted by atomic mass is 32.1. The Balaban J connectivity index is 0.960. The quantitative estimate of drug-likeness (QED) is 0.145. The Morgan fingerprint density at radius 2 is 0.728 bits per heavy atom. The maximum Gasteiger partial charge on any atom is 0.166 e. The van der Waals surface area contributed by atoms with Crippen LogP contribution in [0.5, 0.6) is 0 Å². The molecule has 5 nitrogen and oxygen atoms in total. The highest BCUT2D eigenvalue weighted by Crippen LogP contribution is 2.47. The number of hydrogen-bond donors (Lipinski definition) is 0. The van der Waals surface area contributed by atoms with E-state index in [0.717, 1.165) is 88.0 Å². The molecule has 0 aliphatic heterocycles. The van der Waals surface area contributed by atoms with Crippen molar-refractivity contribution in [1.29, 1.82) is 0 Å². The zero-order valence-corrected chi connectivity index (χ0v) is 44.6. The minimum absolute atomic E-state index is 0.586. The number of fused-ring (bicyclic) bond motifs is 9. The van der Waals surface area contributed by atoms with Gasteiger partial charge in [0.15, 0.2) is 17.5 Å². The number of benzene rings is 12. The second kappa shape index (κ2) is 19.1. The van der Waals surface area contributed by atoms with Crippen LogP contribution in [0, 0.1) is 0 Å². The van der Waals surface area contributed by atoms with E-state index in [1.54, 1.807) is 11.3 Å². The molecule has 12 aromatic carbocycles. The molecule has 4 heterocycles. The number of hydrogen-bond acceptors (Lipinski definition) is 4. The van der Waals surface area contributed by atoms with Crippen molar-refractivity contribution in [3.63, 3.8) is 0 Å². The largest absolute Gasteiger partial charge is 0.309 e. The highest BCUT2D eigenvalue weighted by Gasteiger charge is 2.25. The van der Waals surface area contributed by atoms with Gasteiger partial charge in [-0.3, -0.25) is 0 Å². The fourth-order valence-corrected chi connectivity index (χ4v) is 13.5. The molecule has 0 unspecified atom stereocenters. The van der Waals surface area contributed by atoms with E-state index in [1.807, 2.05) is 0 Å². The van der Waals surface area contributed by atoms with E-state index in [1.165, 1.54) is 48.3 Å². The van der Waals surface area contributed by atoms with Crippen LogP contribution in [-0.4, -0.2) is 24.1 Å². The van der Waals surface area contributed by atoms with E-state index in [2.05, 4.69) is 294 Å². The molecule has 0 N–H and O–H groups in total. The zero-order valence-electron chi connectivity index (χ0n) is 43.8. The Hall–Kier alpha value is -10.5. The second-order valence-electron chi connectivity index (χ2n) is 20.7. The molecule has 0 bridgehead atoms. The Labute approximate surface area is 471 Å². The summed E-state index contributed by atoms with van der Waals surface area (Å²) in [6.07, 6.45) is 0. The van der Waals surface area contributed by atoms with E-state index in [-0.39, 0.29) is 0 Å². The first-order chi connectivity index (χ1) is 40.2. The number of aromatic nitrogens is 5. The van der Waals surface area contributed by atoms with Crippen LogP contribution in [-0.2, 0) is 0 Å². The molecule has 0 spiro atoms. The Morgan fingerprint density at radius 3 is 1.43 bits per heavy atom. The molecular weight excluding hydrogens is 1000 g/mol. The number of nitrogens with zero attached hydrogens (tertiary/aromatic N) is 5. The molecule has 16 aromatic rings. The monoisotopic (exact) mass is 1050 g/mol. The summed E-state index contributed by atoms with van der Waals surface area (Å²) in [7, 11) is 0. The van der Waals surface area contributed by atoms with E-state index in [9.17, 15) is 0 Å². The van der Waals surface area contributed by atoms with Crippen molar-refractivity contribution < 1.29 is 0 Å². The molecule has 0 saturated heterocycles. The number of thiophene rings is 1. The van der Waals surface area contributed by atoms with Crippen LogP contribution in [0.2, 0.25) is 0 Å². The topological polar surface area (TPSA) is 48.5 Å². The van der Waals surface area contributed by atoms with Gasteiger partial charge in [0.25, 0.3) is 0 Å². The van der Waals surface area contributed by atoms with Gasteiger partial charge in [0.1, 0.15) is 0 Å². The van der Waals surface area contributed by atoms with E-state index >= 15 is 0 Å². The SMILES string of the molecule is c1ccc(-c2cccc(-c3nc(-c4ccc(-c5ccccc5)cc4-n4c5ccccc5c5c(-c6cccc7c6c6ccc(-c8ccccc8)cc6n7-c6ccccc6)cccc54)nc(-c4cccc5c4sc4ccccc45)n3)c2)cc1. The number of rotatable bonds is 9. The van der Waals surface area contributed by atoms with Gasteiger partial charge >= 0.3 is 0 Å². The summed E-state index contributed by atoms with van der Waals surface area (Å²) < 4.78 is 7.25. The minimum Gasteiger partial charge on any atom is -0.309 e. The molecule has 0 atom stereocenters. The van der Waals surface area contributed by atoms with E-state index in [4.69, 9.17) is 15.0 Å². The van der Waals surface area contributed by atoms with Gasteiger partial charge in [-0.2, -0.15) is 0 Å². The van der Waals surface area contributed by atoms with Crippen molar-refractivity contribution in [2.24, 2.45) is 0 Å². The lowest BCUT2D eigenvalue weighted by molar-refractivity contribution is 1.07. The second-order valence-corrected chi connectivity index (χ2v) is 21.7. The first-order valence-corrected chi connectivity index (χ1v) is 28.2. The van der Waals surface area contributed by atoms with Gasteiger partial charge in [0.2, 0.25) is 0 Å². The maximum absolute atomic E-state index is 5.58. The smallest absolute Gasteiger partial charge is 0.166 e. The molecule has 6 heteroatoms. The normalized spacial score (nSPS) is 11.7. The minimum atomic E-state index is 0.586. The van der Waals surface area contributed by atoms with Crippen molar-refractivity contribution in [3.05, 3.63) is 285 Å². The summed E-state index contributed by atoms with van der Waals surface area (Å²) in [6, 6.07) is 103. The molecule has 0 aliphatic rings. The highest BCUT2D eigenvalue weighted by molar-refractivity contribution is 7.26. The van der Waals surface area contributed by atoms with Crippen molar-refractivity contribution in [2.45, 2.75) is 0 Å². The maximum atomic E-state index is 5.58. The van der Waals surface area contributed by atoms with Gasteiger partial charge in [-0.05, 0) is 111 Å². The standard InChI is InChI=1S/C75H47N5S/c1-5-21-48(22-6-1)51-27-17-28-54(45-51)73-76-74(78-75(77-73)63-36-18-35-59-56-31-14-16-40-69(56)81-72(59)63)62-44-42-53(50-25-9-3-10-26-50)47-68(62)80-64-37-15-13-32-60(64)70-57(34-20-39-66(70)80)58-33-19-38-65-71(58)61-43-41-52(49-23-7-2-8-24-49)46-67(61)79(65)55-29-11-4-12-30-55/h1-47H. The number of para-hydroxylation sites is 2. The predicted molar refractivity (Wildman–Crippen MR) is 339 cm³/mol. The Kier molecular flexibility index (Phi) is 11.0. The fourth-order valence-electron chi connectivity index (χ4n) is 12.3. The molecule has 0 radical (unpaired) electrons. The molecule has 81 heavy (non-hydrogen) atoms. The summed E-state index contributed by atoms with van der Waals surface area (Å²) in [6.45, 7) is 0. The van der Waals surface area contributed by atoms with Crippen molar-refractivity contribution in [1.82, 2.24) is 24.1 Å². The summed E-state index contributed by atoms with van der Waals surface area (Å²) >= 11 is 1.78. The summed E-state index contributed by atoms with van der Waals surface area (Å²) in [5.41, 5.74) is 18.5. The first-order valence-electron chi connectivity index (χ1n) is 27.4. The third-order valence-electron chi connectivity index (χ3n) is 16.0. The average molecular weight is 1050 g/mol. The fraction of sp³-hybridized carbons (Fsp3) is 0. The van der Waals surface area contributed by atoms with E-state index < -0.39 is 0 Å². The van der Waals surface area contributed by atoms with Crippen LogP contribution in [0.4, 0.5) is 0 Å². The van der Waals surface area contributed by atoms with Gasteiger partial charge in [-0.1, -0.05) is 218 Å². The van der Waals surface area contributed by atoms with E-state index in [0.29, 0.717) is 17.5 Å². The molecule has 0 aliphatic carbocycles. The van der Waals surface area contributed by atoms with Gasteiger partial charge in [0.05, 0.1) is 27.8 Å². The molecule has 16 rings (SSSR count). The van der Waals surface area contributed by atoms with Crippen LogP contribution in [0.25, 0.3) is 154 Å².